The zero-order valence-corrected chi connectivity index (χ0v) is 13.2. The zero-order chi connectivity index (χ0) is 15.7. The summed E-state index contributed by atoms with van der Waals surface area (Å²) < 4.78 is 4.62. The van der Waals surface area contributed by atoms with Crippen molar-refractivity contribution < 1.29 is 9.53 Å². The molecule has 0 saturated heterocycles. The average Bonchev–Trinajstić information content (AvgIpc) is 2.57. The van der Waals surface area contributed by atoms with Gasteiger partial charge in [0.25, 0.3) is 0 Å². The van der Waals surface area contributed by atoms with E-state index in [1.54, 1.807) is 0 Å². The van der Waals surface area contributed by atoms with Gasteiger partial charge in [0.2, 0.25) is 0 Å². The molecule has 0 bridgehead atoms. The minimum atomic E-state index is -0.589. The second-order valence-electron chi connectivity index (χ2n) is 4.71. The number of benzene rings is 1. The number of nitrogens with two attached hydrogens (primary N) is 1. The van der Waals surface area contributed by atoms with Crippen LogP contribution < -0.4 is 11.1 Å². The second kappa shape index (κ2) is 9.32. The number of methoxy groups -OCH3 is 1. The van der Waals surface area contributed by atoms with Gasteiger partial charge in [-0.2, -0.15) is 0 Å². The van der Waals surface area contributed by atoms with Crippen molar-refractivity contribution in [2.75, 3.05) is 20.2 Å². The number of carbonyl (C=O) groups excluding carboxylic acids is 1. The molecular formula is C17H26N2O2. The van der Waals surface area contributed by atoms with E-state index in [4.69, 9.17) is 5.73 Å². The molecule has 1 aliphatic rings. The molecule has 0 spiro atoms. The van der Waals surface area contributed by atoms with Crippen molar-refractivity contribution in [3.8, 4) is 0 Å². The number of rotatable bonds is 4. The van der Waals surface area contributed by atoms with Gasteiger partial charge in [-0.05, 0) is 36.1 Å². The minimum absolute atomic E-state index is 0.370. The van der Waals surface area contributed by atoms with Gasteiger partial charge in [0.05, 0.1) is 7.11 Å². The molecule has 0 radical (unpaired) electrons. The van der Waals surface area contributed by atoms with Crippen LogP contribution in [0.15, 0.2) is 30.3 Å². The lowest BCUT2D eigenvalue weighted by Crippen LogP contribution is -2.33. The van der Waals surface area contributed by atoms with Gasteiger partial charge in [-0.25, -0.2) is 0 Å². The number of hydrogen-bond acceptors (Lipinski definition) is 4. The van der Waals surface area contributed by atoms with Crippen LogP contribution in [0.3, 0.4) is 0 Å². The lowest BCUT2D eigenvalue weighted by atomic mass is 9.97. The lowest BCUT2D eigenvalue weighted by molar-refractivity contribution is -0.142. The molecule has 1 atom stereocenters. The number of esters is 1. The quantitative estimate of drug-likeness (QED) is 0.834. The van der Waals surface area contributed by atoms with Crippen molar-refractivity contribution in [1.29, 1.82) is 0 Å². The van der Waals surface area contributed by atoms with Crippen molar-refractivity contribution >= 4 is 11.5 Å². The zero-order valence-electron chi connectivity index (χ0n) is 13.2. The predicted molar refractivity (Wildman–Crippen MR) is 86.9 cm³/mol. The third kappa shape index (κ3) is 5.33. The maximum Gasteiger partial charge on any atom is 0.322 e. The third-order valence-corrected chi connectivity index (χ3v) is 3.35. The standard InChI is InChI=1S/C15H20N2O2.C2H6/c1-19-15(18)14(16)10-11-2-4-12(5-3-11)13-6-8-17-9-7-13;1-2/h2-6,14,17H,7-10,16H2,1H3;1-2H3. The molecule has 4 nitrogen and oxygen atoms in total. The summed E-state index contributed by atoms with van der Waals surface area (Å²) in [6, 6.07) is 7.66. The first-order valence-electron chi connectivity index (χ1n) is 7.53. The first-order valence-corrected chi connectivity index (χ1v) is 7.53. The molecule has 0 fully saturated rings. The Morgan fingerprint density at radius 2 is 2.00 bits per heavy atom. The van der Waals surface area contributed by atoms with Crippen molar-refractivity contribution in [2.24, 2.45) is 5.73 Å². The minimum Gasteiger partial charge on any atom is -0.468 e. The highest BCUT2D eigenvalue weighted by atomic mass is 16.5. The van der Waals surface area contributed by atoms with E-state index in [1.165, 1.54) is 18.2 Å². The van der Waals surface area contributed by atoms with Gasteiger partial charge in [-0.1, -0.05) is 44.2 Å². The number of nitrogens with one attached hydrogen (secondary N) is 1. The summed E-state index contributed by atoms with van der Waals surface area (Å²) in [7, 11) is 1.36. The Labute approximate surface area is 127 Å². The molecule has 0 aliphatic carbocycles. The molecule has 2 rings (SSSR count). The molecule has 1 aliphatic heterocycles. The summed E-state index contributed by atoms with van der Waals surface area (Å²) in [6.07, 6.45) is 3.78. The summed E-state index contributed by atoms with van der Waals surface area (Å²) in [5.74, 6) is -0.370. The van der Waals surface area contributed by atoms with Crippen LogP contribution >= 0.6 is 0 Å². The maximum atomic E-state index is 11.3. The number of ether oxygens (including phenoxy) is 1. The molecule has 3 N–H and O–H groups in total. The normalized spacial score (nSPS) is 15.3. The van der Waals surface area contributed by atoms with Gasteiger partial charge >= 0.3 is 5.97 Å². The van der Waals surface area contributed by atoms with Crippen molar-refractivity contribution in [1.82, 2.24) is 5.32 Å². The summed E-state index contributed by atoms with van der Waals surface area (Å²) in [5, 5.41) is 3.30. The maximum absolute atomic E-state index is 11.3. The number of hydrogen-bond donors (Lipinski definition) is 2. The summed E-state index contributed by atoms with van der Waals surface area (Å²) >= 11 is 0. The van der Waals surface area contributed by atoms with Crippen LogP contribution in [0.1, 0.15) is 31.4 Å². The first kappa shape index (κ1) is 17.4. The van der Waals surface area contributed by atoms with E-state index in [0.29, 0.717) is 6.42 Å². The molecule has 1 heterocycles. The molecule has 21 heavy (non-hydrogen) atoms. The Kier molecular flexibility index (Phi) is 7.72. The van der Waals surface area contributed by atoms with E-state index in [2.05, 4.69) is 28.3 Å². The van der Waals surface area contributed by atoms with E-state index >= 15 is 0 Å². The van der Waals surface area contributed by atoms with Gasteiger partial charge in [0.15, 0.2) is 0 Å². The van der Waals surface area contributed by atoms with E-state index in [1.807, 2.05) is 26.0 Å². The van der Waals surface area contributed by atoms with Gasteiger partial charge in [0, 0.05) is 6.54 Å². The summed E-state index contributed by atoms with van der Waals surface area (Å²) in [6.45, 7) is 5.96. The van der Waals surface area contributed by atoms with Crippen molar-refractivity contribution in [3.63, 3.8) is 0 Å². The third-order valence-electron chi connectivity index (χ3n) is 3.35. The average molecular weight is 290 g/mol. The topological polar surface area (TPSA) is 64.3 Å². The van der Waals surface area contributed by atoms with E-state index in [0.717, 1.165) is 25.1 Å². The van der Waals surface area contributed by atoms with Crippen molar-refractivity contribution in [3.05, 3.63) is 41.5 Å². The number of carbonyl (C=O) groups is 1. The Hall–Kier alpha value is -1.65. The van der Waals surface area contributed by atoms with Gasteiger partial charge < -0.3 is 15.8 Å². The fourth-order valence-electron chi connectivity index (χ4n) is 2.23. The molecule has 0 aromatic heterocycles. The molecule has 0 saturated carbocycles. The van der Waals surface area contributed by atoms with Gasteiger partial charge in [-0.3, -0.25) is 4.79 Å². The van der Waals surface area contributed by atoms with E-state index in [-0.39, 0.29) is 5.97 Å². The fraction of sp³-hybridized carbons (Fsp3) is 0.471. The smallest absolute Gasteiger partial charge is 0.322 e. The highest BCUT2D eigenvalue weighted by Gasteiger charge is 2.14. The first-order chi connectivity index (χ1) is 10.2. The highest BCUT2D eigenvalue weighted by molar-refractivity contribution is 5.75. The van der Waals surface area contributed by atoms with Crippen LogP contribution in [0, 0.1) is 0 Å². The molecule has 0 amide bonds. The molecule has 1 unspecified atom stereocenters. The van der Waals surface area contributed by atoms with Crippen molar-refractivity contribution in [2.45, 2.75) is 32.7 Å². The Morgan fingerprint density at radius 1 is 1.33 bits per heavy atom. The Bertz CT molecular complexity index is 466. The van der Waals surface area contributed by atoms with Crippen LogP contribution in [0.5, 0.6) is 0 Å². The Balaban J connectivity index is 0.00000106. The Morgan fingerprint density at radius 3 is 2.52 bits per heavy atom. The van der Waals surface area contributed by atoms with Gasteiger partial charge in [0.1, 0.15) is 6.04 Å². The molecule has 1 aromatic rings. The highest BCUT2D eigenvalue weighted by Crippen LogP contribution is 2.20. The van der Waals surface area contributed by atoms with Gasteiger partial charge in [-0.15, -0.1) is 0 Å². The molecule has 4 heteroatoms. The van der Waals surface area contributed by atoms with E-state index in [9.17, 15) is 4.79 Å². The summed E-state index contributed by atoms with van der Waals surface area (Å²) in [5.41, 5.74) is 9.42. The molecule has 116 valence electrons. The van der Waals surface area contributed by atoms with Crippen LogP contribution in [-0.2, 0) is 16.0 Å². The van der Waals surface area contributed by atoms with E-state index < -0.39 is 6.04 Å². The lowest BCUT2D eigenvalue weighted by Gasteiger charge is -2.15. The fourth-order valence-corrected chi connectivity index (χ4v) is 2.23. The predicted octanol–water partition coefficient (Wildman–Crippen LogP) is 2.13. The van der Waals surface area contributed by atoms with Crippen LogP contribution in [0.2, 0.25) is 0 Å². The van der Waals surface area contributed by atoms with Crippen LogP contribution in [0.4, 0.5) is 0 Å². The van der Waals surface area contributed by atoms with Crippen LogP contribution in [-0.4, -0.2) is 32.2 Å². The molecule has 1 aromatic carbocycles. The molecular weight excluding hydrogens is 264 g/mol. The largest absolute Gasteiger partial charge is 0.468 e. The SMILES string of the molecule is CC.COC(=O)C(N)Cc1ccc(C2=CCNCC2)cc1. The monoisotopic (exact) mass is 290 g/mol. The summed E-state index contributed by atoms with van der Waals surface area (Å²) in [4.78, 5) is 11.3. The second-order valence-corrected chi connectivity index (χ2v) is 4.71. The van der Waals surface area contributed by atoms with Crippen LogP contribution in [0.25, 0.3) is 5.57 Å².